The van der Waals surface area contributed by atoms with E-state index in [4.69, 9.17) is 5.73 Å². The van der Waals surface area contributed by atoms with Crippen LogP contribution in [0.4, 0.5) is 11.5 Å². The van der Waals surface area contributed by atoms with E-state index >= 15 is 0 Å². The summed E-state index contributed by atoms with van der Waals surface area (Å²) in [6.07, 6.45) is 4.42. The van der Waals surface area contributed by atoms with Gasteiger partial charge in [-0.3, -0.25) is 15.1 Å². The normalized spacial score (nSPS) is 10.8. The van der Waals surface area contributed by atoms with E-state index in [0.29, 0.717) is 11.6 Å². The molecule has 0 atom stereocenters. The van der Waals surface area contributed by atoms with Crippen molar-refractivity contribution in [2.75, 3.05) is 5.73 Å². The molecule has 2 aromatic heterocycles. The third-order valence-electron chi connectivity index (χ3n) is 2.83. The van der Waals surface area contributed by atoms with E-state index in [9.17, 15) is 10.1 Å². The number of pyridine rings is 2. The Morgan fingerprint density at radius 1 is 1.35 bits per heavy atom. The number of hydrogen-bond donors (Lipinski definition) is 1. The molecule has 20 heavy (non-hydrogen) atoms. The van der Waals surface area contributed by atoms with Gasteiger partial charge in [-0.2, -0.15) is 0 Å². The molecule has 0 aliphatic rings. The van der Waals surface area contributed by atoms with E-state index in [1.807, 2.05) is 12.3 Å². The first-order valence-electron chi connectivity index (χ1n) is 6.32. The highest BCUT2D eigenvalue weighted by atomic mass is 16.6. The third kappa shape index (κ3) is 3.09. The number of rotatable bonds is 4. The highest BCUT2D eigenvalue weighted by Crippen LogP contribution is 2.25. The van der Waals surface area contributed by atoms with Crippen LogP contribution in [0, 0.1) is 16.0 Å². The lowest BCUT2D eigenvalue weighted by Crippen LogP contribution is -2.00. The summed E-state index contributed by atoms with van der Waals surface area (Å²) >= 11 is 0. The molecule has 0 aliphatic heterocycles. The summed E-state index contributed by atoms with van der Waals surface area (Å²) in [5, 5.41) is 10.7. The topological polar surface area (TPSA) is 94.9 Å². The number of nitro groups is 1. The van der Waals surface area contributed by atoms with Crippen LogP contribution < -0.4 is 5.73 Å². The minimum atomic E-state index is -0.542. The molecule has 2 heterocycles. The van der Waals surface area contributed by atoms with Crippen molar-refractivity contribution in [3.05, 3.63) is 46.3 Å². The lowest BCUT2D eigenvalue weighted by atomic mass is 10.0. The molecule has 0 spiro atoms. The summed E-state index contributed by atoms with van der Waals surface area (Å²) in [5.74, 6) is 0.448. The van der Waals surface area contributed by atoms with Crippen LogP contribution in [-0.2, 0) is 6.42 Å². The molecule has 0 radical (unpaired) electrons. The highest BCUT2D eigenvalue weighted by Gasteiger charge is 2.14. The molecule has 0 saturated carbocycles. The van der Waals surface area contributed by atoms with E-state index < -0.39 is 4.92 Å². The molecule has 104 valence electrons. The zero-order valence-corrected chi connectivity index (χ0v) is 11.4. The van der Waals surface area contributed by atoms with Crippen molar-refractivity contribution < 1.29 is 4.92 Å². The van der Waals surface area contributed by atoms with Crippen LogP contribution >= 0.6 is 0 Å². The van der Waals surface area contributed by atoms with Crippen molar-refractivity contribution in [2.45, 2.75) is 20.3 Å². The number of nitrogens with zero attached hydrogens (tertiary/aromatic N) is 3. The van der Waals surface area contributed by atoms with Crippen molar-refractivity contribution in [3.63, 3.8) is 0 Å². The van der Waals surface area contributed by atoms with Gasteiger partial charge in [0.1, 0.15) is 0 Å². The van der Waals surface area contributed by atoms with Gasteiger partial charge in [-0.15, -0.1) is 0 Å². The SMILES string of the molecule is CC(C)Cc1cncc(-c2ccc([N+](=O)[O-])c(N)n2)c1. The molecule has 6 nitrogen and oxygen atoms in total. The van der Waals surface area contributed by atoms with Gasteiger partial charge in [-0.1, -0.05) is 13.8 Å². The van der Waals surface area contributed by atoms with Crippen LogP contribution in [0.1, 0.15) is 19.4 Å². The molecule has 0 saturated heterocycles. The van der Waals surface area contributed by atoms with Crippen molar-refractivity contribution >= 4 is 11.5 Å². The largest absolute Gasteiger partial charge is 0.378 e. The average Bonchev–Trinajstić information content (AvgIpc) is 2.37. The zero-order chi connectivity index (χ0) is 14.7. The molecule has 6 heteroatoms. The average molecular weight is 272 g/mol. The van der Waals surface area contributed by atoms with Crippen LogP contribution in [0.3, 0.4) is 0 Å². The van der Waals surface area contributed by atoms with Crippen LogP contribution in [0.5, 0.6) is 0 Å². The molecule has 0 fully saturated rings. The quantitative estimate of drug-likeness (QED) is 0.682. The second-order valence-electron chi connectivity index (χ2n) is 5.04. The van der Waals surface area contributed by atoms with Gasteiger partial charge in [0.2, 0.25) is 5.82 Å². The van der Waals surface area contributed by atoms with Gasteiger partial charge in [0.15, 0.2) is 0 Å². The van der Waals surface area contributed by atoms with Gasteiger partial charge in [-0.25, -0.2) is 4.98 Å². The maximum absolute atomic E-state index is 10.7. The van der Waals surface area contributed by atoms with Crippen molar-refractivity contribution in [1.29, 1.82) is 0 Å². The van der Waals surface area contributed by atoms with Gasteiger partial charge in [0.25, 0.3) is 0 Å². The highest BCUT2D eigenvalue weighted by molar-refractivity contribution is 5.65. The fourth-order valence-electron chi connectivity index (χ4n) is 1.99. The summed E-state index contributed by atoms with van der Waals surface area (Å²) in [6, 6.07) is 4.94. The Balaban J connectivity index is 2.36. The summed E-state index contributed by atoms with van der Waals surface area (Å²) in [4.78, 5) is 18.4. The van der Waals surface area contributed by atoms with Crippen LogP contribution in [-0.4, -0.2) is 14.9 Å². The van der Waals surface area contributed by atoms with E-state index in [0.717, 1.165) is 17.5 Å². The first kappa shape index (κ1) is 13.9. The Morgan fingerprint density at radius 2 is 2.10 bits per heavy atom. The summed E-state index contributed by atoms with van der Waals surface area (Å²) in [5.41, 5.74) is 7.93. The minimum absolute atomic E-state index is 0.0817. The number of anilines is 1. The molecule has 2 rings (SSSR count). The van der Waals surface area contributed by atoms with Gasteiger partial charge < -0.3 is 5.73 Å². The van der Waals surface area contributed by atoms with Crippen molar-refractivity contribution in [3.8, 4) is 11.3 Å². The molecule has 0 aromatic carbocycles. The fraction of sp³-hybridized carbons (Fsp3) is 0.286. The predicted molar refractivity (Wildman–Crippen MR) is 77.1 cm³/mol. The summed E-state index contributed by atoms with van der Waals surface area (Å²) in [7, 11) is 0. The lowest BCUT2D eigenvalue weighted by molar-refractivity contribution is -0.384. The van der Waals surface area contributed by atoms with Gasteiger partial charge >= 0.3 is 5.69 Å². The summed E-state index contributed by atoms with van der Waals surface area (Å²) in [6.45, 7) is 4.27. The monoisotopic (exact) mass is 272 g/mol. The van der Waals surface area contributed by atoms with E-state index in [2.05, 4.69) is 23.8 Å². The zero-order valence-electron chi connectivity index (χ0n) is 11.4. The number of nitrogen functional groups attached to an aromatic ring is 1. The molecule has 0 aliphatic carbocycles. The first-order valence-corrected chi connectivity index (χ1v) is 6.32. The Hall–Kier alpha value is -2.50. The molecular formula is C14H16N4O2. The molecule has 2 N–H and O–H groups in total. The van der Waals surface area contributed by atoms with Crippen molar-refractivity contribution in [2.24, 2.45) is 5.92 Å². The lowest BCUT2D eigenvalue weighted by Gasteiger charge is -2.07. The fourth-order valence-corrected chi connectivity index (χ4v) is 1.99. The predicted octanol–water partition coefficient (Wildman–Crippen LogP) is 2.83. The van der Waals surface area contributed by atoms with Crippen LogP contribution in [0.25, 0.3) is 11.3 Å². The maximum Gasteiger partial charge on any atom is 0.311 e. The van der Waals surface area contributed by atoms with E-state index in [1.165, 1.54) is 6.07 Å². The molecule has 0 amide bonds. The maximum atomic E-state index is 10.7. The first-order chi connectivity index (χ1) is 9.47. The second-order valence-corrected chi connectivity index (χ2v) is 5.04. The number of aromatic nitrogens is 2. The molecule has 0 unspecified atom stereocenters. The third-order valence-corrected chi connectivity index (χ3v) is 2.83. The number of nitrogens with two attached hydrogens (primary N) is 1. The van der Waals surface area contributed by atoms with Gasteiger partial charge in [0, 0.05) is 24.0 Å². The number of hydrogen-bond acceptors (Lipinski definition) is 5. The molecule has 2 aromatic rings. The Morgan fingerprint density at radius 3 is 2.70 bits per heavy atom. The second kappa shape index (κ2) is 5.64. The van der Waals surface area contributed by atoms with Gasteiger partial charge in [-0.05, 0) is 30.0 Å². The Labute approximate surface area is 116 Å². The molecular weight excluding hydrogens is 256 g/mol. The van der Waals surface area contributed by atoms with Crippen LogP contribution in [0.15, 0.2) is 30.6 Å². The Kier molecular flexibility index (Phi) is 3.93. The Bertz CT molecular complexity index is 641. The smallest absolute Gasteiger partial charge is 0.311 e. The van der Waals surface area contributed by atoms with E-state index in [-0.39, 0.29) is 11.5 Å². The van der Waals surface area contributed by atoms with Gasteiger partial charge in [0.05, 0.1) is 10.6 Å². The van der Waals surface area contributed by atoms with E-state index in [1.54, 1.807) is 12.3 Å². The minimum Gasteiger partial charge on any atom is -0.378 e. The van der Waals surface area contributed by atoms with Crippen molar-refractivity contribution in [1.82, 2.24) is 9.97 Å². The summed E-state index contributed by atoms with van der Waals surface area (Å²) < 4.78 is 0. The standard InChI is InChI=1S/C14H16N4O2/c1-9(2)5-10-6-11(8-16-7-10)12-3-4-13(18(19)20)14(15)17-12/h3-4,6-9H,5H2,1-2H3,(H2,15,17). The molecule has 0 bridgehead atoms. The van der Waals surface area contributed by atoms with Crippen LogP contribution in [0.2, 0.25) is 0 Å².